The summed E-state index contributed by atoms with van der Waals surface area (Å²) in [5.74, 6) is 2.89. The van der Waals surface area contributed by atoms with E-state index >= 15 is 0 Å². The number of aliphatic hydroxyl groups excluding tert-OH is 1. The summed E-state index contributed by atoms with van der Waals surface area (Å²) in [6.07, 6.45) is -0.515. The summed E-state index contributed by atoms with van der Waals surface area (Å²) in [6, 6.07) is 12.1. The van der Waals surface area contributed by atoms with Crippen molar-refractivity contribution in [2.24, 2.45) is 0 Å². The Morgan fingerprint density at radius 1 is 1.21 bits per heavy atom. The topological polar surface area (TPSA) is 29.5 Å². The van der Waals surface area contributed by atoms with E-state index in [0.29, 0.717) is 6.61 Å². The molecule has 1 atom stereocenters. The van der Waals surface area contributed by atoms with Crippen LogP contribution in [-0.2, 0) is 0 Å². The maximum Gasteiger partial charge on any atom is 0.132 e. The Morgan fingerprint density at radius 2 is 2.00 bits per heavy atom. The van der Waals surface area contributed by atoms with E-state index in [-0.39, 0.29) is 0 Å². The zero-order valence-electron chi connectivity index (χ0n) is 11.4. The summed E-state index contributed by atoms with van der Waals surface area (Å²) in [5.41, 5.74) is 0.861. The zero-order valence-corrected chi connectivity index (χ0v) is 12.2. The smallest absolute Gasteiger partial charge is 0.132 e. The zero-order chi connectivity index (χ0) is 13.7. The first-order chi connectivity index (χ1) is 9.24. The van der Waals surface area contributed by atoms with Gasteiger partial charge in [0.05, 0.1) is 12.7 Å². The third-order valence-corrected chi connectivity index (χ3v) is 3.90. The van der Waals surface area contributed by atoms with E-state index in [4.69, 9.17) is 4.74 Å². The van der Waals surface area contributed by atoms with Gasteiger partial charge in [0.15, 0.2) is 0 Å². The third-order valence-electron chi connectivity index (χ3n) is 3.04. The maximum atomic E-state index is 9.88. The van der Waals surface area contributed by atoms with Crippen LogP contribution in [0.1, 0.15) is 25.5 Å². The molecule has 2 rings (SSSR count). The van der Waals surface area contributed by atoms with Crippen LogP contribution in [0.5, 0.6) is 5.75 Å². The normalized spacial score (nSPS) is 12.6. The van der Waals surface area contributed by atoms with Crippen LogP contribution in [0, 0.1) is 0 Å². The second-order valence-electron chi connectivity index (χ2n) is 4.43. The number of rotatable bonds is 6. The quantitative estimate of drug-likeness (QED) is 0.808. The van der Waals surface area contributed by atoms with Gasteiger partial charge in [-0.15, -0.1) is 0 Å². The Labute approximate surface area is 118 Å². The Hall–Kier alpha value is -1.19. The lowest BCUT2D eigenvalue weighted by Gasteiger charge is -2.16. The van der Waals surface area contributed by atoms with Crippen LogP contribution < -0.4 is 4.74 Å². The van der Waals surface area contributed by atoms with Crippen molar-refractivity contribution in [1.82, 2.24) is 0 Å². The van der Waals surface area contributed by atoms with Crippen LogP contribution in [0.15, 0.2) is 36.4 Å². The summed E-state index contributed by atoms with van der Waals surface area (Å²) in [4.78, 5) is 0. The monoisotopic (exact) mass is 276 g/mol. The summed E-state index contributed by atoms with van der Waals surface area (Å²) in [5, 5.41) is 12.1. The first kappa shape index (κ1) is 14.2. The van der Waals surface area contributed by atoms with Crippen LogP contribution in [-0.4, -0.2) is 23.2 Å². The van der Waals surface area contributed by atoms with Gasteiger partial charge in [0.1, 0.15) is 5.75 Å². The summed E-state index contributed by atoms with van der Waals surface area (Å²) in [7, 11) is 0. The number of ether oxygens (including phenoxy) is 1. The van der Waals surface area contributed by atoms with Crippen molar-refractivity contribution in [3.8, 4) is 5.75 Å². The second kappa shape index (κ2) is 6.83. The van der Waals surface area contributed by atoms with Gasteiger partial charge in [-0.25, -0.2) is 0 Å². The minimum absolute atomic E-state index is 0.515. The molecule has 1 N–H and O–H groups in total. The molecule has 2 aromatic carbocycles. The fourth-order valence-electron chi connectivity index (χ4n) is 2.10. The number of fused-ring (bicyclic) bond motifs is 1. The first-order valence-electron chi connectivity index (χ1n) is 6.64. The van der Waals surface area contributed by atoms with Crippen molar-refractivity contribution in [1.29, 1.82) is 0 Å². The van der Waals surface area contributed by atoms with Gasteiger partial charge in [-0.1, -0.05) is 43.3 Å². The molecule has 3 heteroatoms. The molecule has 0 amide bonds. The number of hydrogen-bond acceptors (Lipinski definition) is 3. The fraction of sp³-hybridized carbons (Fsp3) is 0.375. The minimum atomic E-state index is -0.515. The van der Waals surface area contributed by atoms with E-state index < -0.39 is 6.10 Å². The lowest BCUT2D eigenvalue weighted by atomic mass is 10.0. The third kappa shape index (κ3) is 3.43. The van der Waals surface area contributed by atoms with Crippen molar-refractivity contribution in [2.45, 2.75) is 20.0 Å². The predicted molar refractivity (Wildman–Crippen MR) is 83.1 cm³/mol. The average Bonchev–Trinajstić information content (AvgIpc) is 2.43. The van der Waals surface area contributed by atoms with E-state index in [9.17, 15) is 5.11 Å². The van der Waals surface area contributed by atoms with Gasteiger partial charge >= 0.3 is 0 Å². The van der Waals surface area contributed by atoms with Crippen LogP contribution in [0.3, 0.4) is 0 Å². The van der Waals surface area contributed by atoms with Gasteiger partial charge in [0, 0.05) is 16.7 Å². The van der Waals surface area contributed by atoms with Gasteiger partial charge in [-0.05, 0) is 18.1 Å². The van der Waals surface area contributed by atoms with Gasteiger partial charge in [0.2, 0.25) is 0 Å². The summed E-state index contributed by atoms with van der Waals surface area (Å²) in [6.45, 7) is 4.59. The van der Waals surface area contributed by atoms with Gasteiger partial charge < -0.3 is 9.84 Å². The van der Waals surface area contributed by atoms with Crippen molar-refractivity contribution in [3.63, 3.8) is 0 Å². The Kier molecular flexibility index (Phi) is 5.11. The largest absolute Gasteiger partial charge is 0.492 e. The molecule has 0 aliphatic rings. The van der Waals surface area contributed by atoms with Crippen LogP contribution in [0.2, 0.25) is 0 Å². The van der Waals surface area contributed by atoms with Gasteiger partial charge in [-0.3, -0.25) is 0 Å². The van der Waals surface area contributed by atoms with Crippen LogP contribution in [0.4, 0.5) is 0 Å². The molecule has 0 saturated heterocycles. The number of benzene rings is 2. The Balaban J connectivity index is 2.33. The molecule has 0 unspecified atom stereocenters. The standard InChI is InChI=1S/C16H20O2S/c1-3-19-11-10-18-16-14(12(2)17)9-8-13-6-4-5-7-15(13)16/h4-9,12,17H,3,10-11H2,1-2H3/t12-/m0/s1. The van der Waals surface area contributed by atoms with Crippen LogP contribution in [0.25, 0.3) is 10.8 Å². The summed E-state index contributed by atoms with van der Waals surface area (Å²) < 4.78 is 5.93. The fourth-order valence-corrected chi connectivity index (χ4v) is 2.59. The average molecular weight is 276 g/mol. The molecule has 0 aromatic heterocycles. The first-order valence-corrected chi connectivity index (χ1v) is 7.79. The highest BCUT2D eigenvalue weighted by atomic mass is 32.2. The van der Waals surface area contributed by atoms with E-state index in [1.165, 1.54) is 0 Å². The van der Waals surface area contributed by atoms with Gasteiger partial charge in [-0.2, -0.15) is 11.8 Å². The van der Waals surface area contributed by atoms with E-state index in [1.807, 2.05) is 42.1 Å². The lowest BCUT2D eigenvalue weighted by Crippen LogP contribution is -2.05. The molecule has 0 spiro atoms. The predicted octanol–water partition coefficient (Wildman–Crippen LogP) is 4.03. The molecule has 0 radical (unpaired) electrons. The van der Waals surface area contributed by atoms with Gasteiger partial charge in [0.25, 0.3) is 0 Å². The molecule has 0 bridgehead atoms. The highest BCUT2D eigenvalue weighted by Crippen LogP contribution is 2.33. The Bertz CT molecular complexity index is 537. The summed E-state index contributed by atoms with van der Waals surface area (Å²) >= 11 is 1.86. The molecule has 102 valence electrons. The van der Waals surface area contributed by atoms with Crippen molar-refractivity contribution < 1.29 is 9.84 Å². The van der Waals surface area contributed by atoms with Crippen LogP contribution >= 0.6 is 11.8 Å². The molecule has 0 saturated carbocycles. The molecule has 2 aromatic rings. The maximum absolute atomic E-state index is 9.88. The highest BCUT2D eigenvalue weighted by Gasteiger charge is 2.12. The number of aliphatic hydroxyl groups is 1. The SMILES string of the molecule is CCSCCOc1c([C@H](C)O)ccc2ccccc12. The molecule has 19 heavy (non-hydrogen) atoms. The highest BCUT2D eigenvalue weighted by molar-refractivity contribution is 7.99. The molecule has 0 aliphatic heterocycles. The Morgan fingerprint density at radius 3 is 2.74 bits per heavy atom. The van der Waals surface area contributed by atoms with E-state index in [2.05, 4.69) is 13.0 Å². The van der Waals surface area contributed by atoms with Crippen molar-refractivity contribution >= 4 is 22.5 Å². The van der Waals surface area contributed by atoms with E-state index in [0.717, 1.165) is 33.6 Å². The number of hydrogen-bond donors (Lipinski definition) is 1. The molecular weight excluding hydrogens is 256 g/mol. The minimum Gasteiger partial charge on any atom is -0.492 e. The molecule has 0 aliphatic carbocycles. The lowest BCUT2D eigenvalue weighted by molar-refractivity contribution is 0.193. The van der Waals surface area contributed by atoms with E-state index in [1.54, 1.807) is 6.92 Å². The van der Waals surface area contributed by atoms with Crippen molar-refractivity contribution in [2.75, 3.05) is 18.1 Å². The molecule has 0 heterocycles. The number of thioether (sulfide) groups is 1. The van der Waals surface area contributed by atoms with Crippen molar-refractivity contribution in [3.05, 3.63) is 42.0 Å². The molecule has 2 nitrogen and oxygen atoms in total. The molecular formula is C16H20O2S. The molecule has 0 fully saturated rings. The second-order valence-corrected chi connectivity index (χ2v) is 5.82.